The van der Waals surface area contributed by atoms with Gasteiger partial charge in [0.15, 0.2) is 0 Å². The fourth-order valence-corrected chi connectivity index (χ4v) is 2.86. The first kappa shape index (κ1) is 17.2. The van der Waals surface area contributed by atoms with E-state index in [9.17, 15) is 14.3 Å². The highest BCUT2D eigenvalue weighted by Gasteiger charge is 2.28. The summed E-state index contributed by atoms with van der Waals surface area (Å²) in [6.45, 7) is 1.53. The molecule has 6 nitrogen and oxygen atoms in total. The maximum atomic E-state index is 12.0. The molecule has 0 aliphatic carbocycles. The zero-order valence-electron chi connectivity index (χ0n) is 12.6. The van der Waals surface area contributed by atoms with E-state index in [2.05, 4.69) is 5.09 Å². The van der Waals surface area contributed by atoms with Crippen LogP contribution in [0, 0.1) is 0 Å². The number of esters is 1. The molecule has 0 spiro atoms. The van der Waals surface area contributed by atoms with Crippen LogP contribution in [-0.2, 0) is 20.7 Å². The molecule has 0 aliphatic heterocycles. The summed E-state index contributed by atoms with van der Waals surface area (Å²) in [4.78, 5) is 21.7. The van der Waals surface area contributed by atoms with Crippen LogP contribution in [0.25, 0.3) is 0 Å². The molecule has 0 radical (unpaired) electrons. The van der Waals surface area contributed by atoms with Crippen molar-refractivity contribution in [1.29, 1.82) is 0 Å². The smallest absolute Gasteiger partial charge is 0.456 e. The third-order valence-corrected chi connectivity index (χ3v) is 4.08. The van der Waals surface area contributed by atoms with Crippen molar-refractivity contribution in [3.63, 3.8) is 0 Å². The zero-order chi connectivity index (χ0) is 16.7. The molecule has 0 aliphatic rings. The lowest BCUT2D eigenvalue weighted by molar-refractivity contribution is -0.146. The van der Waals surface area contributed by atoms with Gasteiger partial charge in [0.05, 0.1) is 0 Å². The van der Waals surface area contributed by atoms with E-state index in [0.717, 1.165) is 5.56 Å². The normalized spacial score (nSPS) is 14.5. The summed E-state index contributed by atoms with van der Waals surface area (Å²) < 4.78 is 22.1. The van der Waals surface area contributed by atoms with Gasteiger partial charge in [-0.15, -0.1) is 0 Å². The van der Waals surface area contributed by atoms with Gasteiger partial charge >= 0.3 is 13.7 Å². The molecule has 2 unspecified atom stereocenters. The largest absolute Gasteiger partial charge is 0.460 e. The number of para-hydroxylation sites is 1. The van der Waals surface area contributed by atoms with Gasteiger partial charge in [0.2, 0.25) is 0 Å². The Balaban J connectivity index is 1.86. The maximum absolute atomic E-state index is 12.0. The summed E-state index contributed by atoms with van der Waals surface area (Å²) in [6, 6.07) is 16.4. The molecule has 0 bridgehead atoms. The fraction of sp³-hybridized carbons (Fsp3) is 0.188. The van der Waals surface area contributed by atoms with E-state index in [4.69, 9.17) is 9.26 Å². The van der Waals surface area contributed by atoms with Crippen molar-refractivity contribution in [2.75, 3.05) is 0 Å². The van der Waals surface area contributed by atoms with Crippen molar-refractivity contribution in [2.45, 2.75) is 19.6 Å². The quantitative estimate of drug-likeness (QED) is 0.598. The molecule has 0 saturated carbocycles. The van der Waals surface area contributed by atoms with Crippen molar-refractivity contribution in [1.82, 2.24) is 5.09 Å². The minimum absolute atomic E-state index is 0.0982. The molecule has 23 heavy (non-hydrogen) atoms. The number of benzene rings is 2. The average molecular weight is 335 g/mol. The van der Waals surface area contributed by atoms with Gasteiger partial charge in [-0.3, -0.25) is 4.79 Å². The Labute approximate surface area is 134 Å². The van der Waals surface area contributed by atoms with Crippen LogP contribution in [0.4, 0.5) is 0 Å². The highest BCUT2D eigenvalue weighted by Crippen LogP contribution is 2.38. The predicted molar refractivity (Wildman–Crippen MR) is 85.7 cm³/mol. The van der Waals surface area contributed by atoms with Crippen molar-refractivity contribution in [3.8, 4) is 5.75 Å². The summed E-state index contributed by atoms with van der Waals surface area (Å²) in [5.41, 5.74) is 0.834. The molecule has 0 amide bonds. The Morgan fingerprint density at radius 1 is 1.13 bits per heavy atom. The Bertz CT molecular complexity index is 677. The molecular weight excluding hydrogens is 317 g/mol. The topological polar surface area (TPSA) is 84.9 Å². The molecule has 2 N–H and O–H groups in total. The third-order valence-electron chi connectivity index (χ3n) is 2.91. The van der Waals surface area contributed by atoms with Crippen LogP contribution >= 0.6 is 7.75 Å². The van der Waals surface area contributed by atoms with Gasteiger partial charge in [-0.1, -0.05) is 48.5 Å². The summed E-state index contributed by atoms with van der Waals surface area (Å²) in [6.07, 6.45) is 0. The first-order chi connectivity index (χ1) is 11.0. The van der Waals surface area contributed by atoms with Crippen LogP contribution < -0.4 is 9.61 Å². The fourth-order valence-electron chi connectivity index (χ4n) is 1.80. The highest BCUT2D eigenvalue weighted by atomic mass is 31.2. The minimum atomic E-state index is -4.17. The number of carbonyl (C=O) groups is 1. The number of rotatable bonds is 7. The number of nitrogens with one attached hydrogen (secondary N) is 1. The van der Waals surface area contributed by atoms with E-state index in [-0.39, 0.29) is 12.4 Å². The Kier molecular flexibility index (Phi) is 5.93. The molecule has 7 heteroatoms. The minimum Gasteiger partial charge on any atom is -0.460 e. The molecule has 2 rings (SSSR count). The molecule has 122 valence electrons. The second-order valence-corrected chi connectivity index (χ2v) is 6.35. The highest BCUT2D eigenvalue weighted by molar-refractivity contribution is 7.51. The Morgan fingerprint density at radius 2 is 1.70 bits per heavy atom. The van der Waals surface area contributed by atoms with Gasteiger partial charge in [-0.25, -0.2) is 4.57 Å². The van der Waals surface area contributed by atoms with Crippen LogP contribution in [0.1, 0.15) is 12.5 Å². The van der Waals surface area contributed by atoms with Crippen LogP contribution in [0.2, 0.25) is 0 Å². The molecule has 2 aromatic carbocycles. The molecule has 0 saturated heterocycles. The van der Waals surface area contributed by atoms with Gasteiger partial charge in [0, 0.05) is 0 Å². The third kappa shape index (κ3) is 5.87. The zero-order valence-corrected chi connectivity index (χ0v) is 13.5. The first-order valence-corrected chi connectivity index (χ1v) is 8.60. The lowest BCUT2D eigenvalue weighted by atomic mass is 10.2. The summed E-state index contributed by atoms with van der Waals surface area (Å²) in [5, 5.41) is 2.26. The van der Waals surface area contributed by atoms with E-state index in [1.54, 1.807) is 30.3 Å². The summed E-state index contributed by atoms with van der Waals surface area (Å²) >= 11 is 0. The van der Waals surface area contributed by atoms with Crippen molar-refractivity contribution in [2.24, 2.45) is 0 Å². The molecule has 2 atom stereocenters. The molecule has 0 fully saturated rings. The van der Waals surface area contributed by atoms with E-state index >= 15 is 0 Å². The van der Waals surface area contributed by atoms with E-state index in [1.807, 2.05) is 30.3 Å². The van der Waals surface area contributed by atoms with Crippen molar-refractivity contribution < 1.29 is 23.5 Å². The summed E-state index contributed by atoms with van der Waals surface area (Å²) in [5.74, 6) is -0.407. The predicted octanol–water partition coefficient (Wildman–Crippen LogP) is 2.89. The van der Waals surface area contributed by atoms with E-state index in [1.165, 1.54) is 6.92 Å². The number of carbonyl (C=O) groups excluding carboxylic acids is 1. The lowest BCUT2D eigenvalue weighted by Crippen LogP contribution is -2.34. The SMILES string of the molecule is CC(NP(=O)(O)Oc1ccccc1)C(=O)OCc1ccccc1. The van der Waals surface area contributed by atoms with Crippen LogP contribution in [-0.4, -0.2) is 16.9 Å². The Hall–Kier alpha value is -2.14. The Morgan fingerprint density at radius 3 is 2.30 bits per heavy atom. The second-order valence-electron chi connectivity index (χ2n) is 4.87. The van der Waals surface area contributed by atoms with Crippen LogP contribution in [0.5, 0.6) is 5.75 Å². The molecule has 0 aromatic heterocycles. The molecule has 0 heterocycles. The molecule has 2 aromatic rings. The van der Waals surface area contributed by atoms with Gasteiger partial charge in [-0.05, 0) is 24.6 Å². The lowest BCUT2D eigenvalue weighted by Gasteiger charge is -2.18. The van der Waals surface area contributed by atoms with Crippen molar-refractivity contribution >= 4 is 13.7 Å². The van der Waals surface area contributed by atoms with E-state index < -0.39 is 19.8 Å². The number of hydrogen-bond acceptors (Lipinski definition) is 4. The van der Waals surface area contributed by atoms with Gasteiger partial charge < -0.3 is 14.2 Å². The van der Waals surface area contributed by atoms with Gasteiger partial charge in [0.1, 0.15) is 18.4 Å². The number of hydrogen-bond donors (Lipinski definition) is 2. The first-order valence-electron chi connectivity index (χ1n) is 7.02. The summed E-state index contributed by atoms with van der Waals surface area (Å²) in [7, 11) is -4.17. The molecular formula is C16H18NO5P. The van der Waals surface area contributed by atoms with Crippen molar-refractivity contribution in [3.05, 3.63) is 66.2 Å². The standard InChI is InChI=1S/C16H18NO5P/c1-13(16(18)21-12-14-8-4-2-5-9-14)17-23(19,20)22-15-10-6-3-7-11-15/h2-11,13H,12H2,1H3,(H2,17,19,20). The second kappa shape index (κ2) is 7.92. The maximum Gasteiger partial charge on any atom is 0.456 e. The van der Waals surface area contributed by atoms with Crippen LogP contribution in [0.3, 0.4) is 0 Å². The van der Waals surface area contributed by atoms with E-state index in [0.29, 0.717) is 0 Å². The number of ether oxygens (including phenoxy) is 1. The van der Waals surface area contributed by atoms with Gasteiger partial charge in [-0.2, -0.15) is 5.09 Å². The average Bonchev–Trinajstić information content (AvgIpc) is 2.53. The monoisotopic (exact) mass is 335 g/mol. The van der Waals surface area contributed by atoms with Gasteiger partial charge in [0.25, 0.3) is 0 Å². The van der Waals surface area contributed by atoms with Crippen LogP contribution in [0.15, 0.2) is 60.7 Å².